The first-order chi connectivity index (χ1) is 7.11. The summed E-state index contributed by atoms with van der Waals surface area (Å²) in [5.41, 5.74) is 0. The molecular formula is C12H21Cl3. The monoisotopic (exact) mass is 270 g/mol. The third-order valence-corrected chi connectivity index (χ3v) is 5.28. The highest BCUT2D eigenvalue weighted by molar-refractivity contribution is 6.49. The van der Waals surface area contributed by atoms with E-state index in [2.05, 4.69) is 6.92 Å². The van der Waals surface area contributed by atoms with Crippen LogP contribution in [0.2, 0.25) is 0 Å². The van der Waals surface area contributed by atoms with Crippen molar-refractivity contribution in [1.29, 1.82) is 0 Å². The molecule has 1 atom stereocenters. The molecule has 90 valence electrons. The van der Waals surface area contributed by atoms with Crippen LogP contribution in [-0.4, -0.2) is 9.71 Å². The van der Waals surface area contributed by atoms with Crippen LogP contribution in [0.25, 0.3) is 0 Å². The van der Waals surface area contributed by atoms with Gasteiger partial charge in [0.05, 0.1) is 4.87 Å². The van der Waals surface area contributed by atoms with Crippen molar-refractivity contribution in [2.75, 3.05) is 0 Å². The second-order valence-corrected chi connectivity index (χ2v) is 6.47. The van der Waals surface area contributed by atoms with Crippen LogP contribution in [0.3, 0.4) is 0 Å². The number of hydrogen-bond acceptors (Lipinski definition) is 0. The normalized spacial score (nSPS) is 23.0. The molecule has 0 amide bonds. The van der Waals surface area contributed by atoms with E-state index in [1.54, 1.807) is 0 Å². The number of rotatable bonds is 5. The highest BCUT2D eigenvalue weighted by Crippen LogP contribution is 2.45. The molecule has 1 unspecified atom stereocenters. The van der Waals surface area contributed by atoms with E-state index in [-0.39, 0.29) is 4.87 Å². The smallest absolute Gasteiger partial charge is 0.116 e. The fourth-order valence-electron chi connectivity index (χ4n) is 2.52. The average Bonchev–Trinajstić information content (AvgIpc) is 2.27. The van der Waals surface area contributed by atoms with Gasteiger partial charge in [-0.1, -0.05) is 39.0 Å². The molecule has 0 aromatic rings. The molecule has 0 nitrogen and oxygen atoms in total. The summed E-state index contributed by atoms with van der Waals surface area (Å²) in [6, 6.07) is 0. The topological polar surface area (TPSA) is 0 Å². The van der Waals surface area contributed by atoms with Crippen LogP contribution in [0, 0.1) is 5.92 Å². The van der Waals surface area contributed by atoms with E-state index < -0.39 is 4.84 Å². The Labute approximate surface area is 109 Å². The van der Waals surface area contributed by atoms with Crippen LogP contribution in [0.4, 0.5) is 0 Å². The zero-order chi connectivity index (χ0) is 11.3. The Morgan fingerprint density at radius 1 is 1.20 bits per heavy atom. The summed E-state index contributed by atoms with van der Waals surface area (Å²) in [6.45, 7) is 2.18. The second-order valence-electron chi connectivity index (χ2n) is 4.67. The largest absolute Gasteiger partial charge is 0.127 e. The van der Waals surface area contributed by atoms with E-state index in [1.165, 1.54) is 32.1 Å². The first-order valence-corrected chi connectivity index (χ1v) is 7.33. The molecule has 0 aromatic carbocycles. The van der Waals surface area contributed by atoms with Crippen LogP contribution in [0.15, 0.2) is 0 Å². The van der Waals surface area contributed by atoms with E-state index in [0.29, 0.717) is 5.92 Å². The van der Waals surface area contributed by atoms with Crippen molar-refractivity contribution >= 4 is 34.8 Å². The van der Waals surface area contributed by atoms with Crippen molar-refractivity contribution in [2.24, 2.45) is 5.92 Å². The van der Waals surface area contributed by atoms with Crippen molar-refractivity contribution in [1.82, 2.24) is 0 Å². The summed E-state index contributed by atoms with van der Waals surface area (Å²) in [7, 11) is 0. The Morgan fingerprint density at radius 3 is 2.27 bits per heavy atom. The molecular weight excluding hydrogens is 250 g/mol. The Balaban J connectivity index is 2.61. The molecule has 0 bridgehead atoms. The fourth-order valence-corrected chi connectivity index (χ4v) is 3.45. The molecule has 0 heterocycles. The summed E-state index contributed by atoms with van der Waals surface area (Å²) in [4.78, 5) is -0.812. The van der Waals surface area contributed by atoms with Crippen molar-refractivity contribution < 1.29 is 0 Å². The van der Waals surface area contributed by atoms with Gasteiger partial charge in [-0.05, 0) is 25.2 Å². The second kappa shape index (κ2) is 6.57. The molecule has 1 aliphatic carbocycles. The number of halogens is 3. The Morgan fingerprint density at radius 2 is 1.80 bits per heavy atom. The van der Waals surface area contributed by atoms with Crippen molar-refractivity contribution in [2.45, 2.75) is 68.0 Å². The molecule has 1 rings (SSSR count). The quantitative estimate of drug-likeness (QED) is 0.576. The maximum atomic E-state index is 6.67. The summed E-state index contributed by atoms with van der Waals surface area (Å²) in [5.74, 6) is 0.513. The lowest BCUT2D eigenvalue weighted by atomic mass is 9.78. The van der Waals surface area contributed by atoms with Crippen molar-refractivity contribution in [3.8, 4) is 0 Å². The van der Waals surface area contributed by atoms with Crippen LogP contribution in [-0.2, 0) is 0 Å². The van der Waals surface area contributed by atoms with E-state index in [9.17, 15) is 0 Å². The standard InChI is InChI=1S/C12H21Cl3/c1-2-3-9-12(15,11(13)14)10-7-5-4-6-8-10/h10-11H,2-9H2,1H3. The van der Waals surface area contributed by atoms with Crippen LogP contribution in [0.1, 0.15) is 58.3 Å². The zero-order valence-corrected chi connectivity index (χ0v) is 11.7. The molecule has 0 saturated heterocycles. The summed E-state index contributed by atoms with van der Waals surface area (Å²) < 4.78 is 0. The van der Waals surface area contributed by atoms with Gasteiger partial charge in [-0.25, -0.2) is 0 Å². The molecule has 3 heteroatoms. The lowest BCUT2D eigenvalue weighted by Gasteiger charge is -2.39. The van der Waals surface area contributed by atoms with Gasteiger partial charge >= 0.3 is 0 Å². The number of unbranched alkanes of at least 4 members (excludes halogenated alkanes) is 1. The first-order valence-electron chi connectivity index (χ1n) is 6.08. The van der Waals surface area contributed by atoms with E-state index in [1.807, 2.05) is 0 Å². The zero-order valence-electron chi connectivity index (χ0n) is 9.45. The minimum Gasteiger partial charge on any atom is -0.116 e. The Bertz CT molecular complexity index is 176. The summed E-state index contributed by atoms with van der Waals surface area (Å²) in [6.07, 6.45) is 9.53. The molecule has 0 aromatic heterocycles. The summed E-state index contributed by atoms with van der Waals surface area (Å²) in [5, 5.41) is 0. The van der Waals surface area contributed by atoms with Crippen LogP contribution >= 0.6 is 34.8 Å². The fraction of sp³-hybridized carbons (Fsp3) is 1.00. The third kappa shape index (κ3) is 3.68. The number of alkyl halides is 3. The van der Waals surface area contributed by atoms with E-state index in [4.69, 9.17) is 34.8 Å². The summed E-state index contributed by atoms with van der Waals surface area (Å²) >= 11 is 18.8. The first kappa shape index (κ1) is 13.9. The van der Waals surface area contributed by atoms with E-state index in [0.717, 1.165) is 19.3 Å². The molecule has 0 spiro atoms. The van der Waals surface area contributed by atoms with Gasteiger partial charge in [-0.2, -0.15) is 0 Å². The molecule has 1 saturated carbocycles. The minimum atomic E-state index is -0.436. The molecule has 1 fully saturated rings. The predicted molar refractivity (Wildman–Crippen MR) is 70.2 cm³/mol. The van der Waals surface area contributed by atoms with E-state index >= 15 is 0 Å². The van der Waals surface area contributed by atoms with Gasteiger partial charge in [-0.15, -0.1) is 34.8 Å². The highest BCUT2D eigenvalue weighted by Gasteiger charge is 2.42. The van der Waals surface area contributed by atoms with Gasteiger partial charge in [-0.3, -0.25) is 0 Å². The lowest BCUT2D eigenvalue weighted by molar-refractivity contribution is 0.266. The third-order valence-electron chi connectivity index (χ3n) is 3.56. The van der Waals surface area contributed by atoms with Gasteiger partial charge in [0.25, 0.3) is 0 Å². The molecule has 1 aliphatic rings. The van der Waals surface area contributed by atoms with Crippen LogP contribution in [0.5, 0.6) is 0 Å². The Kier molecular flexibility index (Phi) is 6.10. The Hall–Kier alpha value is 0.870. The molecule has 0 radical (unpaired) electrons. The number of hydrogen-bond donors (Lipinski definition) is 0. The SMILES string of the molecule is CCCCC(Cl)(C(Cl)Cl)C1CCCCC1. The van der Waals surface area contributed by atoms with Crippen molar-refractivity contribution in [3.05, 3.63) is 0 Å². The van der Waals surface area contributed by atoms with Gasteiger partial charge in [0.1, 0.15) is 4.84 Å². The average molecular weight is 272 g/mol. The predicted octanol–water partition coefficient (Wildman–Crippen LogP) is 5.54. The van der Waals surface area contributed by atoms with Gasteiger partial charge < -0.3 is 0 Å². The molecule has 0 N–H and O–H groups in total. The minimum absolute atomic E-state index is 0.375. The van der Waals surface area contributed by atoms with Crippen LogP contribution < -0.4 is 0 Å². The maximum absolute atomic E-state index is 6.67. The van der Waals surface area contributed by atoms with Crippen molar-refractivity contribution in [3.63, 3.8) is 0 Å². The highest BCUT2D eigenvalue weighted by atomic mass is 35.5. The van der Waals surface area contributed by atoms with Gasteiger partial charge in [0, 0.05) is 0 Å². The molecule has 15 heavy (non-hydrogen) atoms. The van der Waals surface area contributed by atoms with Gasteiger partial charge in [0.15, 0.2) is 0 Å². The maximum Gasteiger partial charge on any atom is 0.127 e. The van der Waals surface area contributed by atoms with Gasteiger partial charge in [0.2, 0.25) is 0 Å². The lowest BCUT2D eigenvalue weighted by Crippen LogP contribution is -2.39. The molecule has 0 aliphatic heterocycles.